The highest BCUT2D eigenvalue weighted by Crippen LogP contribution is 2.28. The molecule has 1 aliphatic carbocycles. The Labute approximate surface area is 112 Å². The van der Waals surface area contributed by atoms with Gasteiger partial charge in [0.1, 0.15) is 11.6 Å². The molecular weight excluding hydrogens is 248 g/mol. The maximum atomic E-state index is 5.70. The highest BCUT2D eigenvalue weighted by atomic mass is 32.2. The predicted molar refractivity (Wildman–Crippen MR) is 74.9 cm³/mol. The molecule has 0 saturated heterocycles. The molecule has 1 fully saturated rings. The molecule has 0 amide bonds. The van der Waals surface area contributed by atoms with Gasteiger partial charge in [0, 0.05) is 25.8 Å². The standard InChI is InChI=1S/C12H20N4OS/c1-18-12-15-10(13)7-11(16-12)14-5-2-6-17-8-9-3-4-9/h7,9H,2-6,8H2,1H3,(H3,13,14,15,16). The van der Waals surface area contributed by atoms with Gasteiger partial charge in [0.05, 0.1) is 0 Å². The predicted octanol–water partition coefficient (Wildman–Crippen LogP) is 2.01. The minimum atomic E-state index is 0.502. The average Bonchev–Trinajstić information content (AvgIpc) is 3.17. The Bertz CT molecular complexity index is 384. The first-order valence-corrected chi connectivity index (χ1v) is 7.50. The Balaban J connectivity index is 1.63. The van der Waals surface area contributed by atoms with Gasteiger partial charge in [0.15, 0.2) is 5.16 Å². The molecule has 3 N–H and O–H groups in total. The van der Waals surface area contributed by atoms with E-state index < -0.39 is 0 Å². The Morgan fingerprint density at radius 1 is 1.50 bits per heavy atom. The molecule has 5 nitrogen and oxygen atoms in total. The van der Waals surface area contributed by atoms with E-state index in [0.29, 0.717) is 11.0 Å². The zero-order valence-electron chi connectivity index (χ0n) is 10.7. The molecule has 1 aromatic heterocycles. The van der Waals surface area contributed by atoms with Crippen molar-refractivity contribution >= 4 is 23.4 Å². The van der Waals surface area contributed by atoms with Gasteiger partial charge >= 0.3 is 0 Å². The number of nitrogen functional groups attached to an aromatic ring is 1. The van der Waals surface area contributed by atoms with Crippen LogP contribution in [0.4, 0.5) is 11.6 Å². The summed E-state index contributed by atoms with van der Waals surface area (Å²) in [6.45, 7) is 2.57. The molecule has 0 aliphatic heterocycles. The molecule has 0 radical (unpaired) electrons. The molecule has 1 aliphatic rings. The Hall–Kier alpha value is -1.01. The van der Waals surface area contributed by atoms with Crippen molar-refractivity contribution in [2.24, 2.45) is 5.92 Å². The van der Waals surface area contributed by atoms with Gasteiger partial charge in [-0.3, -0.25) is 0 Å². The van der Waals surface area contributed by atoms with Crippen molar-refractivity contribution in [3.63, 3.8) is 0 Å². The third kappa shape index (κ3) is 4.70. The smallest absolute Gasteiger partial charge is 0.191 e. The lowest BCUT2D eigenvalue weighted by Crippen LogP contribution is -2.09. The number of nitrogens with zero attached hydrogens (tertiary/aromatic N) is 2. The van der Waals surface area contributed by atoms with E-state index in [1.807, 2.05) is 6.26 Å². The van der Waals surface area contributed by atoms with Gasteiger partial charge < -0.3 is 15.8 Å². The van der Waals surface area contributed by atoms with Crippen LogP contribution in [0.3, 0.4) is 0 Å². The molecule has 6 heteroatoms. The first kappa shape index (κ1) is 13.4. The summed E-state index contributed by atoms with van der Waals surface area (Å²) in [5.74, 6) is 2.12. The molecule has 0 atom stereocenters. The van der Waals surface area contributed by atoms with Crippen LogP contribution in [0.5, 0.6) is 0 Å². The quantitative estimate of drug-likeness (QED) is 0.427. The SMILES string of the molecule is CSc1nc(N)cc(NCCCOCC2CC2)n1. The molecule has 0 unspecified atom stereocenters. The summed E-state index contributed by atoms with van der Waals surface area (Å²) in [6.07, 6.45) is 5.60. The van der Waals surface area contributed by atoms with Crippen molar-refractivity contribution < 1.29 is 4.74 Å². The number of aromatic nitrogens is 2. The summed E-state index contributed by atoms with van der Waals surface area (Å²) < 4.78 is 5.56. The molecule has 0 aromatic carbocycles. The fourth-order valence-electron chi connectivity index (χ4n) is 1.55. The molecular formula is C12H20N4OS. The van der Waals surface area contributed by atoms with Crippen LogP contribution in [0.2, 0.25) is 0 Å². The fraction of sp³-hybridized carbons (Fsp3) is 0.667. The Morgan fingerprint density at radius 2 is 2.33 bits per heavy atom. The van der Waals surface area contributed by atoms with Crippen LogP contribution in [-0.2, 0) is 4.74 Å². The first-order chi connectivity index (χ1) is 8.78. The van der Waals surface area contributed by atoms with E-state index in [1.165, 1.54) is 24.6 Å². The summed E-state index contributed by atoms with van der Waals surface area (Å²) in [5.41, 5.74) is 5.70. The Kier molecular flexibility index (Phi) is 5.07. The van der Waals surface area contributed by atoms with Gasteiger partial charge in [-0.05, 0) is 31.4 Å². The maximum absolute atomic E-state index is 5.70. The molecule has 1 aromatic rings. The van der Waals surface area contributed by atoms with Crippen molar-refractivity contribution in [1.29, 1.82) is 0 Å². The normalized spacial score (nSPS) is 14.7. The highest BCUT2D eigenvalue weighted by Gasteiger charge is 2.20. The van der Waals surface area contributed by atoms with Crippen molar-refractivity contribution in [3.05, 3.63) is 6.07 Å². The second kappa shape index (κ2) is 6.80. The van der Waals surface area contributed by atoms with Crippen LogP contribution in [-0.4, -0.2) is 36.0 Å². The van der Waals surface area contributed by atoms with Crippen LogP contribution in [0, 0.1) is 5.92 Å². The molecule has 1 saturated carbocycles. The second-order valence-corrected chi connectivity index (χ2v) is 5.24. The zero-order valence-corrected chi connectivity index (χ0v) is 11.5. The molecule has 1 heterocycles. The molecule has 0 bridgehead atoms. The van der Waals surface area contributed by atoms with Crippen LogP contribution in [0.15, 0.2) is 11.2 Å². The van der Waals surface area contributed by atoms with E-state index in [2.05, 4.69) is 15.3 Å². The summed E-state index contributed by atoms with van der Waals surface area (Å²) in [4.78, 5) is 8.43. The number of hydrogen-bond donors (Lipinski definition) is 2. The number of rotatable bonds is 8. The van der Waals surface area contributed by atoms with Gasteiger partial charge in [0.2, 0.25) is 0 Å². The third-order valence-electron chi connectivity index (χ3n) is 2.73. The largest absolute Gasteiger partial charge is 0.383 e. The zero-order chi connectivity index (χ0) is 12.8. The van der Waals surface area contributed by atoms with E-state index in [1.54, 1.807) is 6.07 Å². The van der Waals surface area contributed by atoms with Gasteiger partial charge in [-0.1, -0.05) is 11.8 Å². The van der Waals surface area contributed by atoms with Crippen molar-refractivity contribution in [2.75, 3.05) is 37.1 Å². The highest BCUT2D eigenvalue weighted by molar-refractivity contribution is 7.98. The van der Waals surface area contributed by atoms with Gasteiger partial charge in [-0.2, -0.15) is 0 Å². The summed E-state index contributed by atoms with van der Waals surface area (Å²) in [7, 11) is 0. The van der Waals surface area contributed by atoms with E-state index in [9.17, 15) is 0 Å². The van der Waals surface area contributed by atoms with Crippen LogP contribution < -0.4 is 11.1 Å². The topological polar surface area (TPSA) is 73.1 Å². The number of hydrogen-bond acceptors (Lipinski definition) is 6. The first-order valence-electron chi connectivity index (χ1n) is 6.28. The van der Waals surface area contributed by atoms with Gasteiger partial charge in [-0.15, -0.1) is 0 Å². The van der Waals surface area contributed by atoms with E-state index >= 15 is 0 Å². The Morgan fingerprint density at radius 3 is 3.06 bits per heavy atom. The van der Waals surface area contributed by atoms with Crippen LogP contribution >= 0.6 is 11.8 Å². The van der Waals surface area contributed by atoms with E-state index in [4.69, 9.17) is 10.5 Å². The van der Waals surface area contributed by atoms with Crippen LogP contribution in [0.1, 0.15) is 19.3 Å². The summed E-state index contributed by atoms with van der Waals surface area (Å²) >= 11 is 1.49. The van der Waals surface area contributed by atoms with Gasteiger partial charge in [-0.25, -0.2) is 9.97 Å². The average molecular weight is 268 g/mol. The number of anilines is 2. The molecule has 18 heavy (non-hydrogen) atoms. The van der Waals surface area contributed by atoms with Crippen molar-refractivity contribution in [2.45, 2.75) is 24.4 Å². The number of thioether (sulfide) groups is 1. The lowest BCUT2D eigenvalue weighted by Gasteiger charge is -2.07. The maximum Gasteiger partial charge on any atom is 0.191 e. The third-order valence-corrected chi connectivity index (χ3v) is 3.28. The summed E-state index contributed by atoms with van der Waals surface area (Å²) in [6, 6.07) is 1.75. The fourth-order valence-corrected chi connectivity index (χ4v) is 1.94. The second-order valence-electron chi connectivity index (χ2n) is 4.46. The molecule has 0 spiro atoms. The molecule has 2 rings (SSSR count). The van der Waals surface area contributed by atoms with Crippen LogP contribution in [0.25, 0.3) is 0 Å². The van der Waals surface area contributed by atoms with E-state index in [-0.39, 0.29) is 0 Å². The lowest BCUT2D eigenvalue weighted by atomic mass is 10.4. The minimum absolute atomic E-state index is 0.502. The number of ether oxygens (including phenoxy) is 1. The van der Waals surface area contributed by atoms with Crippen molar-refractivity contribution in [1.82, 2.24) is 9.97 Å². The summed E-state index contributed by atoms with van der Waals surface area (Å²) in [5, 5.41) is 3.94. The lowest BCUT2D eigenvalue weighted by molar-refractivity contribution is 0.124. The van der Waals surface area contributed by atoms with E-state index in [0.717, 1.165) is 37.9 Å². The number of nitrogens with one attached hydrogen (secondary N) is 1. The number of nitrogens with two attached hydrogens (primary N) is 1. The van der Waals surface area contributed by atoms with Crippen molar-refractivity contribution in [3.8, 4) is 0 Å². The minimum Gasteiger partial charge on any atom is -0.383 e. The van der Waals surface area contributed by atoms with Gasteiger partial charge in [0.25, 0.3) is 0 Å². The molecule has 100 valence electrons. The monoisotopic (exact) mass is 268 g/mol.